The first-order valence-corrected chi connectivity index (χ1v) is 9.51. The van der Waals surface area contributed by atoms with Crippen LogP contribution in [-0.4, -0.2) is 72.6 Å². The van der Waals surface area contributed by atoms with Gasteiger partial charge in [-0.25, -0.2) is 9.69 Å². The fourth-order valence-corrected chi connectivity index (χ4v) is 4.07. The van der Waals surface area contributed by atoms with E-state index in [9.17, 15) is 9.59 Å². The van der Waals surface area contributed by atoms with Gasteiger partial charge in [-0.3, -0.25) is 4.79 Å². The monoisotopic (exact) mass is 368 g/mol. The molecule has 2 aliphatic heterocycles. The SMILES string of the molecule is C#CCCCN1CCC2(CC1)C(=O)N(C(=O)N(C)C)CN2c1ccccc1. The quantitative estimate of drug-likeness (QED) is 0.604. The third-order valence-electron chi connectivity index (χ3n) is 5.60. The lowest BCUT2D eigenvalue weighted by Gasteiger charge is -2.43. The highest BCUT2D eigenvalue weighted by Gasteiger charge is 2.55. The average molecular weight is 368 g/mol. The van der Waals surface area contributed by atoms with E-state index in [4.69, 9.17) is 6.42 Å². The van der Waals surface area contributed by atoms with Gasteiger partial charge in [0.1, 0.15) is 12.2 Å². The van der Waals surface area contributed by atoms with E-state index >= 15 is 0 Å². The Hall–Kier alpha value is -2.52. The number of benzene rings is 1. The summed E-state index contributed by atoms with van der Waals surface area (Å²) < 4.78 is 0. The van der Waals surface area contributed by atoms with Gasteiger partial charge in [0.05, 0.1) is 0 Å². The maximum absolute atomic E-state index is 13.4. The molecular weight excluding hydrogens is 340 g/mol. The van der Waals surface area contributed by atoms with E-state index in [0.717, 1.165) is 38.2 Å². The van der Waals surface area contributed by atoms with Crippen LogP contribution in [0.25, 0.3) is 0 Å². The van der Waals surface area contributed by atoms with Crippen molar-refractivity contribution in [1.29, 1.82) is 0 Å². The number of rotatable bonds is 4. The van der Waals surface area contributed by atoms with Crippen molar-refractivity contribution in [2.45, 2.75) is 31.2 Å². The maximum atomic E-state index is 13.4. The van der Waals surface area contributed by atoms with Crippen LogP contribution >= 0.6 is 0 Å². The Labute approximate surface area is 161 Å². The Morgan fingerprint density at radius 2 is 1.89 bits per heavy atom. The smallest absolute Gasteiger partial charge is 0.327 e. The molecule has 0 N–H and O–H groups in total. The molecule has 2 saturated heterocycles. The van der Waals surface area contributed by atoms with Crippen molar-refractivity contribution >= 4 is 17.6 Å². The lowest BCUT2D eigenvalue weighted by atomic mass is 9.85. The van der Waals surface area contributed by atoms with Gasteiger partial charge in [-0.1, -0.05) is 18.2 Å². The topological polar surface area (TPSA) is 47.1 Å². The minimum absolute atomic E-state index is 0.0756. The number of carbonyl (C=O) groups excluding carboxylic acids is 2. The van der Waals surface area contributed by atoms with E-state index in [-0.39, 0.29) is 11.9 Å². The Balaban J connectivity index is 1.83. The summed E-state index contributed by atoms with van der Waals surface area (Å²) >= 11 is 0. The molecule has 0 atom stereocenters. The van der Waals surface area contributed by atoms with Crippen LogP contribution in [0.1, 0.15) is 25.7 Å². The number of carbonyl (C=O) groups is 2. The van der Waals surface area contributed by atoms with Crippen molar-refractivity contribution in [1.82, 2.24) is 14.7 Å². The van der Waals surface area contributed by atoms with Gasteiger partial charge >= 0.3 is 6.03 Å². The number of piperidine rings is 1. The molecule has 0 bridgehead atoms. The van der Waals surface area contributed by atoms with Crippen LogP contribution in [0.2, 0.25) is 0 Å². The van der Waals surface area contributed by atoms with E-state index < -0.39 is 5.54 Å². The Morgan fingerprint density at radius 3 is 2.48 bits per heavy atom. The largest absolute Gasteiger partial charge is 0.338 e. The molecule has 0 aliphatic carbocycles. The third kappa shape index (κ3) is 3.65. The Kier molecular flexibility index (Phi) is 5.71. The second kappa shape index (κ2) is 8.01. The highest BCUT2D eigenvalue weighted by molar-refractivity contribution is 6.04. The van der Waals surface area contributed by atoms with Crippen LogP contribution in [0.3, 0.4) is 0 Å². The van der Waals surface area contributed by atoms with E-state index in [2.05, 4.69) is 15.7 Å². The van der Waals surface area contributed by atoms with Gasteiger partial charge in [0.2, 0.25) is 0 Å². The van der Waals surface area contributed by atoms with Crippen molar-refractivity contribution < 1.29 is 9.59 Å². The van der Waals surface area contributed by atoms with Crippen molar-refractivity contribution in [3.05, 3.63) is 30.3 Å². The summed E-state index contributed by atoms with van der Waals surface area (Å²) in [6, 6.07) is 9.67. The van der Waals surface area contributed by atoms with E-state index in [1.807, 2.05) is 30.3 Å². The molecule has 3 rings (SSSR count). The van der Waals surface area contributed by atoms with Gasteiger partial charge in [0.15, 0.2) is 0 Å². The number of para-hydroxylation sites is 1. The first kappa shape index (κ1) is 19.2. The van der Waals surface area contributed by atoms with Crippen LogP contribution in [0.4, 0.5) is 10.5 Å². The van der Waals surface area contributed by atoms with Crippen molar-refractivity contribution in [2.75, 3.05) is 45.3 Å². The first-order valence-electron chi connectivity index (χ1n) is 9.51. The molecule has 0 radical (unpaired) electrons. The Morgan fingerprint density at radius 1 is 1.22 bits per heavy atom. The Bertz CT molecular complexity index is 717. The molecule has 27 heavy (non-hydrogen) atoms. The fraction of sp³-hybridized carbons (Fsp3) is 0.524. The molecule has 6 nitrogen and oxygen atoms in total. The summed E-state index contributed by atoms with van der Waals surface area (Å²) in [7, 11) is 3.36. The molecule has 2 aliphatic rings. The van der Waals surface area contributed by atoms with E-state index in [0.29, 0.717) is 19.5 Å². The maximum Gasteiger partial charge on any atom is 0.327 e. The number of terminal acetylenes is 1. The summed E-state index contributed by atoms with van der Waals surface area (Å²) in [6.45, 7) is 2.93. The van der Waals surface area contributed by atoms with Gasteiger partial charge in [0, 0.05) is 39.3 Å². The summed E-state index contributed by atoms with van der Waals surface area (Å²) in [5, 5.41) is 0. The van der Waals surface area contributed by atoms with Crippen LogP contribution < -0.4 is 4.90 Å². The predicted octanol–water partition coefficient (Wildman–Crippen LogP) is 2.22. The number of nitrogens with zero attached hydrogens (tertiary/aromatic N) is 4. The lowest BCUT2D eigenvalue weighted by molar-refractivity contribution is -0.131. The number of urea groups is 1. The average Bonchev–Trinajstić information content (AvgIpc) is 2.96. The lowest BCUT2D eigenvalue weighted by Crippen LogP contribution is -2.57. The highest BCUT2D eigenvalue weighted by Crippen LogP contribution is 2.39. The minimum Gasteiger partial charge on any atom is -0.338 e. The van der Waals surface area contributed by atoms with Crippen molar-refractivity contribution in [3.63, 3.8) is 0 Å². The van der Waals surface area contributed by atoms with Gasteiger partial charge in [-0.05, 0) is 37.9 Å². The fourth-order valence-electron chi connectivity index (χ4n) is 4.07. The summed E-state index contributed by atoms with van der Waals surface area (Å²) in [4.78, 5) is 33.3. The van der Waals surface area contributed by atoms with Gasteiger partial charge in [-0.2, -0.15) is 0 Å². The first-order chi connectivity index (χ1) is 13.0. The molecule has 6 heteroatoms. The second-order valence-electron chi connectivity index (χ2n) is 7.50. The molecule has 0 saturated carbocycles. The number of amides is 3. The molecule has 3 amide bonds. The number of hydrogen-bond donors (Lipinski definition) is 0. The van der Waals surface area contributed by atoms with Crippen molar-refractivity contribution in [3.8, 4) is 12.3 Å². The molecule has 1 spiro atoms. The zero-order valence-corrected chi connectivity index (χ0v) is 16.2. The summed E-state index contributed by atoms with van der Waals surface area (Å²) in [5.41, 5.74) is 0.344. The standard InChI is InChI=1S/C21H28N4O2/c1-4-5-9-14-23-15-12-21(13-16-23)19(26)24(20(27)22(2)3)17-25(21)18-10-7-6-8-11-18/h1,6-8,10-11H,5,9,12-17H2,2-3H3. The van der Waals surface area contributed by atoms with Crippen molar-refractivity contribution in [2.24, 2.45) is 0 Å². The molecule has 1 aromatic carbocycles. The molecule has 2 heterocycles. The zero-order valence-electron chi connectivity index (χ0n) is 16.2. The number of imide groups is 1. The summed E-state index contributed by atoms with van der Waals surface area (Å²) in [6.07, 6.45) is 8.54. The van der Waals surface area contributed by atoms with Crippen LogP contribution in [-0.2, 0) is 4.79 Å². The molecule has 0 aromatic heterocycles. The van der Waals surface area contributed by atoms with E-state index in [1.165, 1.54) is 9.80 Å². The third-order valence-corrected chi connectivity index (χ3v) is 5.60. The van der Waals surface area contributed by atoms with E-state index in [1.54, 1.807) is 14.1 Å². The number of likely N-dealkylation sites (tertiary alicyclic amines) is 1. The van der Waals surface area contributed by atoms with Crippen LogP contribution in [0.5, 0.6) is 0 Å². The minimum atomic E-state index is -0.643. The predicted molar refractivity (Wildman–Crippen MR) is 106 cm³/mol. The summed E-state index contributed by atoms with van der Waals surface area (Å²) in [5.74, 6) is 2.61. The number of hydrogen-bond acceptors (Lipinski definition) is 4. The van der Waals surface area contributed by atoms with Crippen LogP contribution in [0.15, 0.2) is 30.3 Å². The zero-order chi connectivity index (χ0) is 19.4. The molecule has 144 valence electrons. The van der Waals surface area contributed by atoms with Gasteiger partial charge in [-0.15, -0.1) is 12.3 Å². The molecule has 2 fully saturated rings. The number of anilines is 1. The molecule has 1 aromatic rings. The second-order valence-corrected chi connectivity index (χ2v) is 7.50. The van der Waals surface area contributed by atoms with Gasteiger partial charge in [0.25, 0.3) is 5.91 Å². The van der Waals surface area contributed by atoms with Crippen LogP contribution in [0, 0.1) is 12.3 Å². The normalized spacial score (nSPS) is 19.4. The molecule has 0 unspecified atom stereocenters. The van der Waals surface area contributed by atoms with Gasteiger partial charge < -0.3 is 14.7 Å². The number of unbranched alkanes of at least 4 members (excludes halogenated alkanes) is 1. The highest BCUT2D eigenvalue weighted by atomic mass is 16.2. The molecular formula is C21H28N4O2.